The number of thiocarbonyl (C=S) groups is 1. The van der Waals surface area contributed by atoms with Crippen molar-refractivity contribution < 1.29 is 19.0 Å². The van der Waals surface area contributed by atoms with Crippen LogP contribution in [0.3, 0.4) is 0 Å². The topological polar surface area (TPSA) is 48.0 Å². The lowest BCUT2D eigenvalue weighted by atomic mass is 10.1. The van der Waals surface area contributed by atoms with E-state index in [1.54, 1.807) is 12.0 Å². The number of rotatable bonds is 9. The predicted molar refractivity (Wildman–Crippen MR) is 125 cm³/mol. The minimum atomic E-state index is -0.0760. The molecule has 0 spiro atoms. The molecule has 0 aliphatic carbocycles. The Morgan fingerprint density at radius 3 is 2.50 bits per heavy atom. The van der Waals surface area contributed by atoms with E-state index in [4.69, 9.17) is 26.4 Å². The molecule has 1 heterocycles. The first-order valence-electron chi connectivity index (χ1n) is 9.78. The van der Waals surface area contributed by atoms with Crippen molar-refractivity contribution in [2.24, 2.45) is 0 Å². The molecule has 0 saturated carbocycles. The van der Waals surface area contributed by atoms with E-state index in [2.05, 4.69) is 0 Å². The number of ether oxygens (including phenoxy) is 3. The fourth-order valence-corrected chi connectivity index (χ4v) is 4.38. The summed E-state index contributed by atoms with van der Waals surface area (Å²) in [7, 11) is 1.60. The highest BCUT2D eigenvalue weighted by Gasteiger charge is 2.31. The second-order valence-corrected chi connectivity index (χ2v) is 8.30. The SMILES string of the molecule is CCN1C(=O)/C(=C\c2cccc(OC)c2OCCCOc2ccccc2C)SC1=S. The number of amides is 1. The zero-order valence-electron chi connectivity index (χ0n) is 17.3. The second-order valence-electron chi connectivity index (χ2n) is 6.62. The Labute approximate surface area is 187 Å². The molecule has 1 fully saturated rings. The van der Waals surface area contributed by atoms with Crippen LogP contribution in [-0.4, -0.2) is 42.0 Å². The molecule has 1 aliphatic heterocycles. The highest BCUT2D eigenvalue weighted by atomic mass is 32.2. The zero-order valence-corrected chi connectivity index (χ0v) is 19.0. The van der Waals surface area contributed by atoms with E-state index in [0.717, 1.165) is 16.9 Å². The minimum Gasteiger partial charge on any atom is -0.493 e. The van der Waals surface area contributed by atoms with E-state index in [-0.39, 0.29) is 5.91 Å². The Kier molecular flexibility index (Phi) is 7.76. The first kappa shape index (κ1) is 22.2. The summed E-state index contributed by atoms with van der Waals surface area (Å²) in [5.74, 6) is 2.04. The maximum Gasteiger partial charge on any atom is 0.266 e. The van der Waals surface area contributed by atoms with Crippen LogP contribution in [0.15, 0.2) is 47.4 Å². The molecule has 0 atom stereocenters. The van der Waals surface area contributed by atoms with E-state index in [0.29, 0.717) is 46.9 Å². The van der Waals surface area contributed by atoms with Crippen molar-refractivity contribution in [3.63, 3.8) is 0 Å². The third-order valence-corrected chi connectivity index (χ3v) is 5.97. The molecule has 7 heteroatoms. The van der Waals surface area contributed by atoms with Crippen LogP contribution in [0.5, 0.6) is 17.2 Å². The average molecular weight is 444 g/mol. The van der Waals surface area contributed by atoms with Gasteiger partial charge in [0.2, 0.25) is 0 Å². The predicted octanol–water partition coefficient (Wildman–Crippen LogP) is 5.07. The molecular weight excluding hydrogens is 418 g/mol. The van der Waals surface area contributed by atoms with E-state index in [9.17, 15) is 4.79 Å². The van der Waals surface area contributed by atoms with Crippen molar-refractivity contribution in [3.05, 3.63) is 58.5 Å². The van der Waals surface area contributed by atoms with Crippen molar-refractivity contribution in [2.45, 2.75) is 20.3 Å². The quantitative estimate of drug-likeness (QED) is 0.306. The summed E-state index contributed by atoms with van der Waals surface area (Å²) in [6, 6.07) is 13.5. The molecule has 1 aliphatic rings. The Hall–Kier alpha value is -2.51. The summed E-state index contributed by atoms with van der Waals surface area (Å²) in [6.45, 7) is 5.50. The largest absolute Gasteiger partial charge is 0.493 e. The van der Waals surface area contributed by atoms with Gasteiger partial charge in [-0.3, -0.25) is 9.69 Å². The molecule has 5 nitrogen and oxygen atoms in total. The number of carbonyl (C=O) groups is 1. The van der Waals surface area contributed by atoms with E-state index >= 15 is 0 Å². The van der Waals surface area contributed by atoms with Crippen molar-refractivity contribution in [3.8, 4) is 17.2 Å². The summed E-state index contributed by atoms with van der Waals surface area (Å²) < 4.78 is 17.9. The van der Waals surface area contributed by atoms with Gasteiger partial charge in [0.15, 0.2) is 11.5 Å². The maximum absolute atomic E-state index is 12.5. The van der Waals surface area contributed by atoms with Gasteiger partial charge in [0.05, 0.1) is 25.2 Å². The number of hydrogen-bond donors (Lipinski definition) is 0. The third kappa shape index (κ3) is 5.15. The number of para-hydroxylation sites is 2. The van der Waals surface area contributed by atoms with E-state index < -0.39 is 0 Å². The standard InChI is InChI=1S/C23H25NO4S2/c1-4-24-22(25)20(30-23(24)29)15-17-10-7-12-19(26-3)21(17)28-14-8-13-27-18-11-6-5-9-16(18)2/h5-7,9-12,15H,4,8,13-14H2,1-3H3/b20-15+. The molecule has 2 aromatic rings. The molecular formula is C23H25NO4S2. The summed E-state index contributed by atoms with van der Waals surface area (Å²) in [6.07, 6.45) is 2.53. The molecule has 1 saturated heterocycles. The van der Waals surface area contributed by atoms with Gasteiger partial charge in [0, 0.05) is 18.5 Å². The monoisotopic (exact) mass is 443 g/mol. The average Bonchev–Trinajstić information content (AvgIpc) is 3.02. The minimum absolute atomic E-state index is 0.0760. The van der Waals surface area contributed by atoms with Crippen LogP contribution in [-0.2, 0) is 4.79 Å². The van der Waals surface area contributed by atoms with Gasteiger partial charge < -0.3 is 14.2 Å². The highest BCUT2D eigenvalue weighted by Crippen LogP contribution is 2.37. The van der Waals surface area contributed by atoms with Crippen LogP contribution in [0, 0.1) is 6.92 Å². The van der Waals surface area contributed by atoms with E-state index in [1.165, 1.54) is 11.8 Å². The summed E-state index contributed by atoms with van der Waals surface area (Å²) in [5, 5.41) is 0. The van der Waals surface area contributed by atoms with Gasteiger partial charge in [-0.15, -0.1) is 0 Å². The Balaban J connectivity index is 1.67. The molecule has 3 rings (SSSR count). The van der Waals surface area contributed by atoms with Gasteiger partial charge >= 0.3 is 0 Å². The molecule has 158 valence electrons. The van der Waals surface area contributed by atoms with Crippen molar-refractivity contribution >= 4 is 40.3 Å². The number of benzene rings is 2. The van der Waals surface area contributed by atoms with Gasteiger partial charge in [0.1, 0.15) is 10.1 Å². The second kappa shape index (κ2) is 10.5. The van der Waals surface area contributed by atoms with Gasteiger partial charge in [-0.2, -0.15) is 0 Å². The number of likely N-dealkylation sites (N-methyl/N-ethyl adjacent to an activating group) is 1. The first-order valence-corrected chi connectivity index (χ1v) is 11.0. The number of nitrogens with zero attached hydrogens (tertiary/aromatic N) is 1. The number of carbonyl (C=O) groups excluding carboxylic acids is 1. The number of aryl methyl sites for hydroxylation is 1. The fraction of sp³-hybridized carbons (Fsp3) is 0.304. The van der Waals surface area contributed by atoms with Crippen LogP contribution < -0.4 is 14.2 Å². The summed E-state index contributed by atoms with van der Waals surface area (Å²) in [4.78, 5) is 14.7. The van der Waals surface area contributed by atoms with Gasteiger partial charge in [-0.1, -0.05) is 54.3 Å². The van der Waals surface area contributed by atoms with Crippen molar-refractivity contribution in [1.29, 1.82) is 0 Å². The number of thioether (sulfide) groups is 1. The Morgan fingerprint density at radius 1 is 1.07 bits per heavy atom. The molecule has 0 radical (unpaired) electrons. The summed E-state index contributed by atoms with van der Waals surface area (Å²) in [5.41, 5.74) is 1.89. The molecule has 1 amide bonds. The van der Waals surface area contributed by atoms with Crippen LogP contribution in [0.25, 0.3) is 6.08 Å². The molecule has 0 unspecified atom stereocenters. The molecule has 0 aromatic heterocycles. The highest BCUT2D eigenvalue weighted by molar-refractivity contribution is 8.26. The normalized spacial score (nSPS) is 15.0. The van der Waals surface area contributed by atoms with Gasteiger partial charge in [-0.25, -0.2) is 0 Å². The number of methoxy groups -OCH3 is 1. The van der Waals surface area contributed by atoms with Gasteiger partial charge in [0.25, 0.3) is 5.91 Å². The smallest absolute Gasteiger partial charge is 0.266 e. The first-order chi connectivity index (χ1) is 14.5. The fourth-order valence-electron chi connectivity index (χ4n) is 3.01. The van der Waals surface area contributed by atoms with Crippen LogP contribution in [0.1, 0.15) is 24.5 Å². The molecule has 0 N–H and O–H groups in total. The number of hydrogen-bond acceptors (Lipinski definition) is 6. The third-order valence-electron chi connectivity index (χ3n) is 4.59. The van der Waals surface area contributed by atoms with Crippen LogP contribution in [0.2, 0.25) is 0 Å². The lowest BCUT2D eigenvalue weighted by molar-refractivity contribution is -0.121. The lowest BCUT2D eigenvalue weighted by Crippen LogP contribution is -2.27. The zero-order chi connectivity index (χ0) is 21.5. The Morgan fingerprint density at radius 2 is 1.80 bits per heavy atom. The van der Waals surface area contributed by atoms with Crippen molar-refractivity contribution in [2.75, 3.05) is 26.9 Å². The lowest BCUT2D eigenvalue weighted by Gasteiger charge is -2.14. The maximum atomic E-state index is 12.5. The molecule has 30 heavy (non-hydrogen) atoms. The van der Waals surface area contributed by atoms with Crippen molar-refractivity contribution in [1.82, 2.24) is 4.90 Å². The Bertz CT molecular complexity index is 958. The molecule has 2 aromatic carbocycles. The van der Waals surface area contributed by atoms with Crippen LogP contribution in [0.4, 0.5) is 0 Å². The van der Waals surface area contributed by atoms with Gasteiger partial charge in [-0.05, 0) is 37.6 Å². The van der Waals surface area contributed by atoms with Crippen LogP contribution >= 0.6 is 24.0 Å². The summed E-state index contributed by atoms with van der Waals surface area (Å²) >= 11 is 6.60. The van der Waals surface area contributed by atoms with E-state index in [1.807, 2.05) is 62.4 Å². The molecule has 0 bridgehead atoms.